The average Bonchev–Trinajstić information content (AvgIpc) is 3.37. The molecule has 1 amide bonds. The fraction of sp³-hybridized carbons (Fsp3) is 0.480. The van der Waals surface area contributed by atoms with E-state index in [0.717, 1.165) is 24.8 Å². The third kappa shape index (κ3) is 6.30. The molecule has 1 N–H and O–H groups in total. The van der Waals surface area contributed by atoms with Crippen LogP contribution in [0.15, 0.2) is 48.5 Å². The predicted molar refractivity (Wildman–Crippen MR) is 127 cm³/mol. The Hall–Kier alpha value is -2.97. The Morgan fingerprint density at radius 3 is 2.55 bits per heavy atom. The van der Waals surface area contributed by atoms with Crippen molar-refractivity contribution in [2.45, 2.75) is 38.5 Å². The molecular formula is C25H33N3O5. The molecule has 1 aliphatic rings. The third-order valence-corrected chi connectivity index (χ3v) is 6.03. The van der Waals surface area contributed by atoms with Gasteiger partial charge in [-0.15, -0.1) is 0 Å². The van der Waals surface area contributed by atoms with Crippen molar-refractivity contribution in [2.24, 2.45) is 0 Å². The number of nitrogens with zero attached hydrogens (tertiary/aromatic N) is 2. The molecule has 1 aliphatic heterocycles. The number of ether oxygens (including phenoxy) is 2. The molecule has 2 aromatic carbocycles. The van der Waals surface area contributed by atoms with Gasteiger partial charge in [-0.2, -0.15) is 0 Å². The zero-order valence-electron chi connectivity index (χ0n) is 19.4. The number of hydrogen-bond acceptors (Lipinski definition) is 6. The number of hydrogen-bond donors (Lipinski definition) is 1. The lowest BCUT2D eigenvalue weighted by Gasteiger charge is -2.33. The van der Waals surface area contributed by atoms with Crippen LogP contribution >= 0.6 is 0 Å². The maximum atomic E-state index is 13.4. The number of likely N-dealkylation sites (tertiary alicyclic amines) is 1. The number of carbonyl (C=O) groups excluding carboxylic acids is 1. The van der Waals surface area contributed by atoms with E-state index in [9.17, 15) is 14.9 Å². The SMILES string of the molecule is CCOCOCC(C)(C(=O)N1CCCC1)c1ccc(NCCc2ccccc2)c([N+](=O)[O-])c1. The Balaban J connectivity index is 1.82. The molecule has 0 aliphatic carbocycles. The molecule has 3 rings (SSSR count). The van der Waals surface area contributed by atoms with Crippen LogP contribution in [-0.4, -0.2) is 55.4 Å². The fourth-order valence-corrected chi connectivity index (χ4v) is 4.09. The van der Waals surface area contributed by atoms with Crippen molar-refractivity contribution >= 4 is 17.3 Å². The van der Waals surface area contributed by atoms with Gasteiger partial charge in [-0.1, -0.05) is 36.4 Å². The zero-order chi connectivity index (χ0) is 23.7. The summed E-state index contributed by atoms with van der Waals surface area (Å²) < 4.78 is 10.9. The first-order valence-corrected chi connectivity index (χ1v) is 11.5. The quantitative estimate of drug-likeness (QED) is 0.224. The molecule has 8 nitrogen and oxygen atoms in total. The van der Waals surface area contributed by atoms with Crippen LogP contribution in [0.3, 0.4) is 0 Å². The van der Waals surface area contributed by atoms with Crippen molar-refractivity contribution in [1.29, 1.82) is 0 Å². The largest absolute Gasteiger partial charge is 0.379 e. The number of anilines is 1. The highest BCUT2D eigenvalue weighted by Crippen LogP contribution is 2.34. The lowest BCUT2D eigenvalue weighted by Crippen LogP contribution is -2.47. The lowest BCUT2D eigenvalue weighted by atomic mass is 9.81. The first kappa shape index (κ1) is 24.7. The van der Waals surface area contributed by atoms with Gasteiger partial charge in [0.1, 0.15) is 12.5 Å². The zero-order valence-corrected chi connectivity index (χ0v) is 19.4. The number of rotatable bonds is 12. The number of nitro groups is 1. The van der Waals surface area contributed by atoms with E-state index in [0.29, 0.717) is 37.5 Å². The van der Waals surface area contributed by atoms with Gasteiger partial charge >= 0.3 is 0 Å². The predicted octanol–water partition coefficient (Wildman–Crippen LogP) is 4.14. The molecule has 0 spiro atoms. The summed E-state index contributed by atoms with van der Waals surface area (Å²) in [4.78, 5) is 26.7. The van der Waals surface area contributed by atoms with Crippen LogP contribution in [-0.2, 0) is 26.1 Å². The highest BCUT2D eigenvalue weighted by atomic mass is 16.7. The van der Waals surface area contributed by atoms with Crippen LogP contribution in [0.5, 0.6) is 0 Å². The summed E-state index contributed by atoms with van der Waals surface area (Å²) in [6.45, 7) is 6.27. The summed E-state index contributed by atoms with van der Waals surface area (Å²) in [7, 11) is 0. The van der Waals surface area contributed by atoms with Gasteiger partial charge in [-0.25, -0.2) is 0 Å². The summed E-state index contributed by atoms with van der Waals surface area (Å²) in [5, 5.41) is 15.1. The molecule has 1 heterocycles. The van der Waals surface area contributed by atoms with Crippen LogP contribution < -0.4 is 5.32 Å². The summed E-state index contributed by atoms with van der Waals surface area (Å²) in [5.41, 5.74) is 1.06. The van der Waals surface area contributed by atoms with Crippen molar-refractivity contribution in [1.82, 2.24) is 4.90 Å². The van der Waals surface area contributed by atoms with Crippen LogP contribution in [0.1, 0.15) is 37.8 Å². The highest BCUT2D eigenvalue weighted by molar-refractivity contribution is 5.89. The molecule has 0 bridgehead atoms. The minimum Gasteiger partial charge on any atom is -0.379 e. The highest BCUT2D eigenvalue weighted by Gasteiger charge is 2.40. The van der Waals surface area contributed by atoms with Crippen LogP contribution in [0, 0.1) is 10.1 Å². The van der Waals surface area contributed by atoms with Crippen molar-refractivity contribution in [3.05, 3.63) is 69.8 Å². The van der Waals surface area contributed by atoms with Gasteiger partial charge in [0.05, 0.1) is 16.9 Å². The van der Waals surface area contributed by atoms with E-state index in [4.69, 9.17) is 9.47 Å². The number of benzene rings is 2. The van der Waals surface area contributed by atoms with Crippen molar-refractivity contribution < 1.29 is 19.2 Å². The normalized spacial score (nSPS) is 15.3. The van der Waals surface area contributed by atoms with Crippen LogP contribution in [0.25, 0.3) is 0 Å². The maximum Gasteiger partial charge on any atom is 0.292 e. The van der Waals surface area contributed by atoms with Crippen molar-refractivity contribution in [2.75, 3.05) is 45.0 Å². The Kier molecular flexibility index (Phi) is 8.79. The molecule has 1 atom stereocenters. The minimum atomic E-state index is -1.05. The second-order valence-corrected chi connectivity index (χ2v) is 8.44. The lowest BCUT2D eigenvalue weighted by molar-refractivity contribution is -0.384. The summed E-state index contributed by atoms with van der Waals surface area (Å²) in [6, 6.07) is 14.9. The molecule has 1 unspecified atom stereocenters. The standard InChI is InChI=1S/C25H33N3O5/c1-3-32-19-33-18-25(2,24(29)27-15-7-8-16-27)21-11-12-22(23(17-21)28(30)31)26-14-13-20-9-5-4-6-10-20/h4-6,9-12,17,26H,3,7-8,13-16,18-19H2,1-2H3. The number of amides is 1. The van der Waals surface area contributed by atoms with Crippen molar-refractivity contribution in [3.63, 3.8) is 0 Å². The molecule has 0 saturated carbocycles. The Morgan fingerprint density at radius 2 is 1.88 bits per heavy atom. The summed E-state index contributed by atoms with van der Waals surface area (Å²) >= 11 is 0. The minimum absolute atomic E-state index is 0.0502. The van der Waals surface area contributed by atoms with Gasteiger partial charge in [0.2, 0.25) is 5.91 Å². The topological polar surface area (TPSA) is 93.9 Å². The molecule has 2 aromatic rings. The van der Waals surface area contributed by atoms with Gasteiger partial charge in [-0.05, 0) is 50.3 Å². The average molecular weight is 456 g/mol. The monoisotopic (exact) mass is 455 g/mol. The van der Waals surface area contributed by atoms with E-state index in [1.165, 1.54) is 6.07 Å². The van der Waals surface area contributed by atoms with E-state index in [1.54, 1.807) is 19.1 Å². The molecular weight excluding hydrogens is 422 g/mol. The smallest absolute Gasteiger partial charge is 0.292 e. The molecule has 0 radical (unpaired) electrons. The Labute approximate surface area is 195 Å². The van der Waals surface area contributed by atoms with Gasteiger partial charge in [0.25, 0.3) is 5.69 Å². The summed E-state index contributed by atoms with van der Waals surface area (Å²) in [6.07, 6.45) is 2.67. The molecule has 178 valence electrons. The fourth-order valence-electron chi connectivity index (χ4n) is 4.09. The van der Waals surface area contributed by atoms with Crippen LogP contribution in [0.4, 0.5) is 11.4 Å². The molecule has 1 saturated heterocycles. The van der Waals surface area contributed by atoms with Gasteiger partial charge in [-0.3, -0.25) is 14.9 Å². The van der Waals surface area contributed by atoms with E-state index < -0.39 is 10.3 Å². The van der Waals surface area contributed by atoms with Gasteiger partial charge in [0, 0.05) is 32.3 Å². The molecule has 8 heteroatoms. The molecule has 33 heavy (non-hydrogen) atoms. The van der Waals surface area contributed by atoms with E-state index in [2.05, 4.69) is 5.32 Å². The second kappa shape index (κ2) is 11.8. The number of carbonyl (C=O) groups is 1. The van der Waals surface area contributed by atoms with E-state index >= 15 is 0 Å². The first-order valence-electron chi connectivity index (χ1n) is 11.5. The van der Waals surface area contributed by atoms with E-state index in [-0.39, 0.29) is 25.0 Å². The summed E-state index contributed by atoms with van der Waals surface area (Å²) in [5.74, 6) is -0.0735. The van der Waals surface area contributed by atoms with Gasteiger partial charge < -0.3 is 19.7 Å². The second-order valence-electron chi connectivity index (χ2n) is 8.44. The maximum absolute atomic E-state index is 13.4. The molecule has 1 fully saturated rings. The van der Waals surface area contributed by atoms with Crippen LogP contribution in [0.2, 0.25) is 0 Å². The Morgan fingerprint density at radius 1 is 1.15 bits per heavy atom. The van der Waals surface area contributed by atoms with E-state index in [1.807, 2.05) is 42.2 Å². The first-order chi connectivity index (χ1) is 16.0. The number of nitrogens with one attached hydrogen (secondary N) is 1. The third-order valence-electron chi connectivity index (χ3n) is 6.03. The Bertz CT molecular complexity index is 931. The number of nitro benzene ring substituents is 1. The van der Waals surface area contributed by atoms with Gasteiger partial charge in [0.15, 0.2) is 0 Å². The van der Waals surface area contributed by atoms with Crippen molar-refractivity contribution in [3.8, 4) is 0 Å². The molecule has 0 aromatic heterocycles.